The Balaban J connectivity index is 1.98. The van der Waals surface area contributed by atoms with Crippen LogP contribution in [-0.4, -0.2) is 0 Å². The number of halogens is 4. The molecule has 0 spiro atoms. The van der Waals surface area contributed by atoms with Crippen molar-refractivity contribution < 1.29 is 17.6 Å². The highest BCUT2D eigenvalue weighted by molar-refractivity contribution is 5.20. The average Bonchev–Trinajstić information content (AvgIpc) is 2.37. The molecule has 1 nitrogen and oxygen atoms in total. The second-order valence-corrected chi connectivity index (χ2v) is 4.05. The van der Waals surface area contributed by atoms with Gasteiger partial charge in [0.05, 0.1) is 0 Å². The smallest absolute Gasteiger partial charge is 0.163 e. The Morgan fingerprint density at radius 2 is 1.53 bits per heavy atom. The quantitative estimate of drug-likeness (QED) is 0.837. The third-order valence-corrected chi connectivity index (χ3v) is 2.68. The molecule has 0 saturated heterocycles. The minimum absolute atomic E-state index is 0.0560. The van der Waals surface area contributed by atoms with Crippen molar-refractivity contribution in [2.24, 2.45) is 0 Å². The maximum absolute atomic E-state index is 13.3. The van der Waals surface area contributed by atoms with Gasteiger partial charge in [0.25, 0.3) is 0 Å². The van der Waals surface area contributed by atoms with Crippen molar-refractivity contribution in [1.29, 1.82) is 0 Å². The molecule has 5 heteroatoms. The molecular formula is C14H11F4N. The Labute approximate surface area is 107 Å². The third kappa shape index (κ3) is 3.32. The van der Waals surface area contributed by atoms with Gasteiger partial charge in [-0.25, -0.2) is 17.6 Å². The lowest BCUT2D eigenvalue weighted by Gasteiger charge is -2.07. The molecule has 0 fully saturated rings. The average molecular weight is 269 g/mol. The summed E-state index contributed by atoms with van der Waals surface area (Å²) in [5, 5.41) is 2.78. The van der Waals surface area contributed by atoms with Crippen LogP contribution >= 0.6 is 0 Å². The number of rotatable bonds is 4. The molecule has 1 N–H and O–H groups in total. The van der Waals surface area contributed by atoms with Gasteiger partial charge in [-0.3, -0.25) is 0 Å². The molecule has 0 unspecified atom stereocenters. The first-order valence-corrected chi connectivity index (χ1v) is 5.65. The van der Waals surface area contributed by atoms with E-state index >= 15 is 0 Å². The molecule has 0 bridgehead atoms. The molecule has 0 atom stereocenters. The standard InChI is InChI=1S/C14H11F4N/c15-11-5-4-9(13(17)6-11)7-19-8-10-2-1-3-12(16)14(10)18/h1-6,19H,7-8H2. The summed E-state index contributed by atoms with van der Waals surface area (Å²) in [6, 6.07) is 7.08. The first-order valence-electron chi connectivity index (χ1n) is 5.65. The lowest BCUT2D eigenvalue weighted by molar-refractivity contribution is 0.491. The summed E-state index contributed by atoms with van der Waals surface area (Å²) >= 11 is 0. The monoisotopic (exact) mass is 269 g/mol. The Bertz CT molecular complexity index is 584. The topological polar surface area (TPSA) is 12.0 Å². The second kappa shape index (κ2) is 5.84. The summed E-state index contributed by atoms with van der Waals surface area (Å²) in [7, 11) is 0. The Morgan fingerprint density at radius 3 is 2.26 bits per heavy atom. The Hall–Kier alpha value is -1.88. The molecule has 2 rings (SSSR count). The van der Waals surface area contributed by atoms with E-state index in [9.17, 15) is 17.6 Å². The summed E-state index contributed by atoms with van der Waals surface area (Å²) in [6.07, 6.45) is 0. The highest BCUT2D eigenvalue weighted by Gasteiger charge is 2.08. The molecule has 0 aliphatic carbocycles. The summed E-state index contributed by atoms with van der Waals surface area (Å²) < 4.78 is 52.2. The molecule has 2 aromatic carbocycles. The Kier molecular flexibility index (Phi) is 4.16. The molecule has 0 aromatic heterocycles. The number of benzene rings is 2. The van der Waals surface area contributed by atoms with Gasteiger partial charge in [0.2, 0.25) is 0 Å². The Morgan fingerprint density at radius 1 is 0.789 bits per heavy atom. The van der Waals surface area contributed by atoms with Crippen LogP contribution in [0, 0.1) is 23.3 Å². The van der Waals surface area contributed by atoms with Crippen LogP contribution in [-0.2, 0) is 13.1 Å². The van der Waals surface area contributed by atoms with Gasteiger partial charge in [0.1, 0.15) is 11.6 Å². The van der Waals surface area contributed by atoms with E-state index in [1.54, 1.807) is 0 Å². The maximum Gasteiger partial charge on any atom is 0.163 e. The van der Waals surface area contributed by atoms with Crippen molar-refractivity contribution in [3.63, 3.8) is 0 Å². The zero-order chi connectivity index (χ0) is 13.8. The molecular weight excluding hydrogens is 258 g/mol. The van der Waals surface area contributed by atoms with Crippen molar-refractivity contribution >= 4 is 0 Å². The first-order chi connectivity index (χ1) is 9.08. The van der Waals surface area contributed by atoms with Gasteiger partial charge in [0, 0.05) is 30.3 Å². The van der Waals surface area contributed by atoms with E-state index in [0.29, 0.717) is 0 Å². The SMILES string of the molecule is Fc1ccc(CNCc2cccc(F)c2F)c(F)c1. The predicted octanol–water partition coefficient (Wildman–Crippen LogP) is 3.53. The predicted molar refractivity (Wildman–Crippen MR) is 63.3 cm³/mol. The second-order valence-electron chi connectivity index (χ2n) is 4.05. The fourth-order valence-electron chi connectivity index (χ4n) is 1.68. The van der Waals surface area contributed by atoms with Gasteiger partial charge in [-0.2, -0.15) is 0 Å². The summed E-state index contributed by atoms with van der Waals surface area (Å²) in [5.74, 6) is -3.17. The number of hydrogen-bond acceptors (Lipinski definition) is 1. The van der Waals surface area contributed by atoms with Crippen molar-refractivity contribution in [1.82, 2.24) is 5.32 Å². The van der Waals surface area contributed by atoms with E-state index in [-0.39, 0.29) is 24.2 Å². The normalized spacial score (nSPS) is 10.7. The zero-order valence-corrected chi connectivity index (χ0v) is 9.89. The first kappa shape index (κ1) is 13.5. The van der Waals surface area contributed by atoms with Gasteiger partial charge in [-0.1, -0.05) is 18.2 Å². The van der Waals surface area contributed by atoms with Gasteiger partial charge >= 0.3 is 0 Å². The maximum atomic E-state index is 13.3. The molecule has 0 amide bonds. The van der Waals surface area contributed by atoms with E-state index in [1.807, 2.05) is 0 Å². The van der Waals surface area contributed by atoms with E-state index in [1.165, 1.54) is 18.2 Å². The van der Waals surface area contributed by atoms with Gasteiger partial charge in [-0.05, 0) is 12.1 Å². The fourth-order valence-corrected chi connectivity index (χ4v) is 1.68. The molecule has 0 aliphatic heterocycles. The molecule has 19 heavy (non-hydrogen) atoms. The van der Waals surface area contributed by atoms with Gasteiger partial charge in [-0.15, -0.1) is 0 Å². The van der Waals surface area contributed by atoms with Crippen molar-refractivity contribution in [3.8, 4) is 0 Å². The lowest BCUT2D eigenvalue weighted by Crippen LogP contribution is -2.15. The van der Waals surface area contributed by atoms with E-state index < -0.39 is 23.3 Å². The molecule has 100 valence electrons. The fraction of sp³-hybridized carbons (Fsp3) is 0.143. The highest BCUT2D eigenvalue weighted by Crippen LogP contribution is 2.12. The van der Waals surface area contributed by atoms with Gasteiger partial charge < -0.3 is 5.32 Å². The van der Waals surface area contributed by atoms with Crippen LogP contribution in [0.3, 0.4) is 0 Å². The van der Waals surface area contributed by atoms with Crippen molar-refractivity contribution in [3.05, 3.63) is 70.8 Å². The summed E-state index contributed by atoms with van der Waals surface area (Å²) in [5.41, 5.74) is 0.417. The number of hydrogen-bond donors (Lipinski definition) is 1. The molecule has 0 saturated carbocycles. The largest absolute Gasteiger partial charge is 0.308 e. The van der Waals surface area contributed by atoms with E-state index in [4.69, 9.17) is 0 Å². The van der Waals surface area contributed by atoms with Gasteiger partial charge in [0.15, 0.2) is 11.6 Å². The van der Waals surface area contributed by atoms with Crippen molar-refractivity contribution in [2.75, 3.05) is 0 Å². The van der Waals surface area contributed by atoms with Crippen LogP contribution < -0.4 is 5.32 Å². The third-order valence-electron chi connectivity index (χ3n) is 2.68. The van der Waals surface area contributed by atoms with Crippen LogP contribution in [0.1, 0.15) is 11.1 Å². The molecule has 0 radical (unpaired) electrons. The van der Waals surface area contributed by atoms with Crippen LogP contribution in [0.15, 0.2) is 36.4 Å². The van der Waals surface area contributed by atoms with Crippen LogP contribution in [0.25, 0.3) is 0 Å². The summed E-state index contributed by atoms with van der Waals surface area (Å²) in [4.78, 5) is 0. The molecule has 2 aromatic rings. The summed E-state index contributed by atoms with van der Waals surface area (Å²) in [6.45, 7) is 0.155. The van der Waals surface area contributed by atoms with E-state index in [2.05, 4.69) is 5.32 Å². The lowest BCUT2D eigenvalue weighted by atomic mass is 10.2. The zero-order valence-electron chi connectivity index (χ0n) is 9.89. The highest BCUT2D eigenvalue weighted by atomic mass is 19.2. The number of nitrogens with one attached hydrogen (secondary N) is 1. The van der Waals surface area contributed by atoms with E-state index in [0.717, 1.165) is 18.2 Å². The van der Waals surface area contributed by atoms with Crippen LogP contribution in [0.5, 0.6) is 0 Å². The molecule has 0 aliphatic rings. The minimum atomic E-state index is -0.924. The van der Waals surface area contributed by atoms with Crippen LogP contribution in [0.4, 0.5) is 17.6 Å². The molecule has 0 heterocycles. The van der Waals surface area contributed by atoms with Crippen LogP contribution in [0.2, 0.25) is 0 Å². The minimum Gasteiger partial charge on any atom is -0.308 e. The van der Waals surface area contributed by atoms with Crippen molar-refractivity contribution in [2.45, 2.75) is 13.1 Å².